The third-order valence-corrected chi connectivity index (χ3v) is 4.31. The van der Waals surface area contributed by atoms with Crippen LogP contribution in [-0.2, 0) is 17.8 Å². The number of carbonyl (C=O) groups excluding carboxylic acids is 1. The molecule has 0 saturated carbocycles. The zero-order chi connectivity index (χ0) is 17.1. The van der Waals surface area contributed by atoms with Crippen LogP contribution in [0.2, 0.25) is 0 Å². The first-order valence-electron chi connectivity index (χ1n) is 8.16. The smallest absolute Gasteiger partial charge is 0.231 e. The molecule has 1 aromatic heterocycles. The van der Waals surface area contributed by atoms with Crippen molar-refractivity contribution in [3.8, 4) is 11.5 Å². The average Bonchev–Trinajstić information content (AvgIpc) is 3.17. The van der Waals surface area contributed by atoms with Crippen LogP contribution in [0, 0.1) is 13.8 Å². The molecule has 6 nitrogen and oxygen atoms in total. The van der Waals surface area contributed by atoms with Gasteiger partial charge in [0.2, 0.25) is 12.7 Å². The highest BCUT2D eigenvalue weighted by molar-refractivity contribution is 5.76. The zero-order valence-electron chi connectivity index (χ0n) is 14.3. The number of rotatable bonds is 6. The van der Waals surface area contributed by atoms with Crippen LogP contribution in [0.25, 0.3) is 0 Å². The number of carbonyl (C=O) groups is 1. The highest BCUT2D eigenvalue weighted by Gasteiger charge is 2.18. The van der Waals surface area contributed by atoms with E-state index in [2.05, 4.69) is 5.16 Å². The van der Waals surface area contributed by atoms with Gasteiger partial charge in [0.1, 0.15) is 5.76 Å². The molecule has 0 radical (unpaired) electrons. The second-order valence-electron chi connectivity index (χ2n) is 5.90. The van der Waals surface area contributed by atoms with E-state index in [0.717, 1.165) is 34.1 Å². The molecule has 0 spiro atoms. The van der Waals surface area contributed by atoms with Gasteiger partial charge in [0, 0.05) is 25.1 Å². The van der Waals surface area contributed by atoms with Crippen LogP contribution in [0.4, 0.5) is 0 Å². The fraction of sp³-hybridized carbons (Fsp3) is 0.444. The molecule has 0 atom stereocenters. The van der Waals surface area contributed by atoms with E-state index >= 15 is 0 Å². The first-order chi connectivity index (χ1) is 11.6. The molecule has 2 heterocycles. The second-order valence-corrected chi connectivity index (χ2v) is 5.90. The normalized spacial score (nSPS) is 12.5. The molecule has 1 aliphatic rings. The number of fused-ring (bicyclic) bond motifs is 1. The summed E-state index contributed by atoms with van der Waals surface area (Å²) < 4.78 is 15.9. The molecule has 128 valence electrons. The molecule has 0 unspecified atom stereocenters. The topological polar surface area (TPSA) is 64.8 Å². The Balaban J connectivity index is 1.62. The van der Waals surface area contributed by atoms with Gasteiger partial charge in [-0.2, -0.15) is 0 Å². The Kier molecular flexibility index (Phi) is 4.74. The molecular formula is C18H22N2O4. The van der Waals surface area contributed by atoms with Gasteiger partial charge >= 0.3 is 0 Å². The summed E-state index contributed by atoms with van der Waals surface area (Å²) in [5.41, 5.74) is 2.92. The largest absolute Gasteiger partial charge is 0.454 e. The van der Waals surface area contributed by atoms with Crippen LogP contribution < -0.4 is 9.47 Å². The standard InChI is InChI=1S/C18H22N2O4/c1-4-20(10-14-5-7-16-17(9-14)23-11-22-16)18(21)8-6-15-12(2)19-24-13(15)3/h5,7,9H,4,6,8,10-11H2,1-3H3. The number of hydrogen-bond acceptors (Lipinski definition) is 5. The molecule has 6 heteroatoms. The predicted molar refractivity (Wildman–Crippen MR) is 88.0 cm³/mol. The van der Waals surface area contributed by atoms with Gasteiger partial charge in [0.15, 0.2) is 11.5 Å². The first-order valence-corrected chi connectivity index (χ1v) is 8.16. The summed E-state index contributed by atoms with van der Waals surface area (Å²) in [5.74, 6) is 2.41. The van der Waals surface area contributed by atoms with Crippen molar-refractivity contribution in [2.45, 2.75) is 40.2 Å². The molecule has 1 amide bonds. The Labute approximate surface area is 141 Å². The number of aryl methyl sites for hydroxylation is 2. The number of hydrogen-bond donors (Lipinski definition) is 0. The summed E-state index contributed by atoms with van der Waals surface area (Å²) in [6.07, 6.45) is 1.10. The van der Waals surface area contributed by atoms with E-state index < -0.39 is 0 Å². The molecule has 0 fully saturated rings. The Morgan fingerprint density at radius 1 is 1.25 bits per heavy atom. The molecule has 1 aromatic carbocycles. The third kappa shape index (κ3) is 3.37. The van der Waals surface area contributed by atoms with Crippen molar-refractivity contribution in [1.82, 2.24) is 10.1 Å². The monoisotopic (exact) mass is 330 g/mol. The minimum Gasteiger partial charge on any atom is -0.454 e. The number of amides is 1. The maximum absolute atomic E-state index is 12.5. The van der Waals surface area contributed by atoms with Gasteiger partial charge in [-0.15, -0.1) is 0 Å². The Hall–Kier alpha value is -2.50. The van der Waals surface area contributed by atoms with Crippen molar-refractivity contribution in [1.29, 1.82) is 0 Å². The van der Waals surface area contributed by atoms with Gasteiger partial charge in [-0.1, -0.05) is 11.2 Å². The van der Waals surface area contributed by atoms with Crippen molar-refractivity contribution in [3.63, 3.8) is 0 Å². The molecule has 24 heavy (non-hydrogen) atoms. The fourth-order valence-corrected chi connectivity index (χ4v) is 2.88. The van der Waals surface area contributed by atoms with Crippen molar-refractivity contribution in [2.24, 2.45) is 0 Å². The van der Waals surface area contributed by atoms with E-state index in [9.17, 15) is 4.79 Å². The maximum atomic E-state index is 12.5. The van der Waals surface area contributed by atoms with E-state index in [1.807, 2.05) is 43.9 Å². The van der Waals surface area contributed by atoms with Crippen molar-refractivity contribution >= 4 is 5.91 Å². The minimum atomic E-state index is 0.121. The molecule has 0 bridgehead atoms. The van der Waals surface area contributed by atoms with E-state index in [1.54, 1.807) is 0 Å². The maximum Gasteiger partial charge on any atom is 0.231 e. The molecule has 2 aromatic rings. The number of nitrogens with zero attached hydrogens (tertiary/aromatic N) is 2. The summed E-state index contributed by atoms with van der Waals surface area (Å²) in [7, 11) is 0. The summed E-state index contributed by atoms with van der Waals surface area (Å²) in [6, 6.07) is 5.80. The lowest BCUT2D eigenvalue weighted by Crippen LogP contribution is -2.30. The quantitative estimate of drug-likeness (QED) is 0.814. The van der Waals surface area contributed by atoms with Crippen molar-refractivity contribution in [2.75, 3.05) is 13.3 Å². The summed E-state index contributed by atoms with van der Waals surface area (Å²) in [4.78, 5) is 14.4. The minimum absolute atomic E-state index is 0.121. The van der Waals surface area contributed by atoms with E-state index in [4.69, 9.17) is 14.0 Å². The van der Waals surface area contributed by atoms with Gasteiger partial charge < -0.3 is 18.9 Å². The highest BCUT2D eigenvalue weighted by atomic mass is 16.7. The summed E-state index contributed by atoms with van der Waals surface area (Å²) in [6.45, 7) is 7.25. The third-order valence-electron chi connectivity index (χ3n) is 4.31. The molecule has 3 rings (SSSR count). The van der Waals surface area contributed by atoms with Crippen LogP contribution in [0.5, 0.6) is 11.5 Å². The highest BCUT2D eigenvalue weighted by Crippen LogP contribution is 2.32. The molecule has 1 aliphatic heterocycles. The molecular weight excluding hydrogens is 308 g/mol. The lowest BCUT2D eigenvalue weighted by Gasteiger charge is -2.21. The van der Waals surface area contributed by atoms with Crippen LogP contribution >= 0.6 is 0 Å². The average molecular weight is 330 g/mol. The van der Waals surface area contributed by atoms with Gasteiger partial charge in [-0.25, -0.2) is 0 Å². The van der Waals surface area contributed by atoms with Crippen LogP contribution in [-0.4, -0.2) is 29.3 Å². The fourth-order valence-electron chi connectivity index (χ4n) is 2.88. The van der Waals surface area contributed by atoms with Gasteiger partial charge in [0.05, 0.1) is 5.69 Å². The van der Waals surface area contributed by atoms with Crippen LogP contribution in [0.3, 0.4) is 0 Å². The summed E-state index contributed by atoms with van der Waals surface area (Å²) in [5, 5.41) is 3.93. The van der Waals surface area contributed by atoms with E-state index in [0.29, 0.717) is 25.9 Å². The number of benzene rings is 1. The van der Waals surface area contributed by atoms with E-state index in [-0.39, 0.29) is 12.7 Å². The molecule has 0 N–H and O–H groups in total. The SMILES string of the molecule is CCN(Cc1ccc2c(c1)OCO2)C(=O)CCc1c(C)noc1C. The lowest BCUT2D eigenvalue weighted by molar-refractivity contribution is -0.131. The molecule has 0 aliphatic carbocycles. The Morgan fingerprint density at radius 3 is 2.75 bits per heavy atom. The van der Waals surface area contributed by atoms with E-state index in [1.165, 1.54) is 0 Å². The van der Waals surface area contributed by atoms with Gasteiger partial charge in [-0.3, -0.25) is 4.79 Å². The Bertz CT molecular complexity index is 719. The lowest BCUT2D eigenvalue weighted by atomic mass is 10.1. The second kappa shape index (κ2) is 6.95. The van der Waals surface area contributed by atoms with Gasteiger partial charge in [0.25, 0.3) is 0 Å². The number of aromatic nitrogens is 1. The van der Waals surface area contributed by atoms with Crippen LogP contribution in [0.1, 0.15) is 35.9 Å². The molecule has 0 saturated heterocycles. The predicted octanol–water partition coefficient (Wildman–Crippen LogP) is 3.00. The van der Waals surface area contributed by atoms with Crippen molar-refractivity contribution < 1.29 is 18.8 Å². The van der Waals surface area contributed by atoms with Crippen molar-refractivity contribution in [3.05, 3.63) is 40.8 Å². The zero-order valence-corrected chi connectivity index (χ0v) is 14.3. The van der Waals surface area contributed by atoms with Gasteiger partial charge in [-0.05, 0) is 44.9 Å². The first kappa shape index (κ1) is 16.4. The Morgan fingerprint density at radius 2 is 2.04 bits per heavy atom. The number of ether oxygens (including phenoxy) is 2. The summed E-state index contributed by atoms with van der Waals surface area (Å²) >= 11 is 0. The van der Waals surface area contributed by atoms with Crippen LogP contribution in [0.15, 0.2) is 22.7 Å².